The van der Waals surface area contributed by atoms with Gasteiger partial charge in [0.25, 0.3) is 0 Å². The fourth-order valence-corrected chi connectivity index (χ4v) is 3.64. The Labute approximate surface area is 141 Å². The van der Waals surface area contributed by atoms with Gasteiger partial charge in [-0.3, -0.25) is 4.90 Å². The van der Waals surface area contributed by atoms with Gasteiger partial charge in [0.15, 0.2) is 6.10 Å². The lowest BCUT2D eigenvalue weighted by molar-refractivity contribution is -0.240. The molecule has 0 bridgehead atoms. The third-order valence-corrected chi connectivity index (χ3v) is 5.10. The lowest BCUT2D eigenvalue weighted by Crippen LogP contribution is -2.54. The van der Waals surface area contributed by atoms with E-state index in [2.05, 4.69) is 29.2 Å². The molecule has 2 saturated heterocycles. The summed E-state index contributed by atoms with van der Waals surface area (Å²) in [5.74, 6) is 0. The van der Waals surface area contributed by atoms with Crippen molar-refractivity contribution in [1.29, 1.82) is 0 Å². The summed E-state index contributed by atoms with van der Waals surface area (Å²) in [5, 5.41) is 0. The minimum atomic E-state index is -4.25. The number of likely N-dealkylation sites (tertiary alicyclic amines) is 1. The van der Waals surface area contributed by atoms with Crippen LogP contribution in [0.2, 0.25) is 0 Å². The molecule has 2 aliphatic heterocycles. The molecule has 6 heteroatoms. The zero-order chi connectivity index (χ0) is 17.0. The first-order valence-corrected chi connectivity index (χ1v) is 8.71. The molecule has 2 heterocycles. The average molecular weight is 342 g/mol. The zero-order valence-corrected chi connectivity index (χ0v) is 13.8. The maximum Gasteiger partial charge on any atom is 0.415 e. The number of nitrogens with zero attached hydrogens (tertiary/aromatic N) is 2. The minimum Gasteiger partial charge on any atom is -0.366 e. The molecule has 2 aliphatic rings. The summed E-state index contributed by atoms with van der Waals surface area (Å²) in [5.41, 5.74) is 1.33. The monoisotopic (exact) mass is 342 g/mol. The van der Waals surface area contributed by atoms with Crippen LogP contribution in [0.15, 0.2) is 30.3 Å². The molecule has 134 valence electrons. The van der Waals surface area contributed by atoms with Crippen LogP contribution in [0.5, 0.6) is 0 Å². The number of morpholine rings is 1. The fraction of sp³-hybridized carbons (Fsp3) is 0.667. The van der Waals surface area contributed by atoms with E-state index < -0.39 is 12.3 Å². The van der Waals surface area contributed by atoms with Crippen molar-refractivity contribution < 1.29 is 17.9 Å². The van der Waals surface area contributed by atoms with Crippen LogP contribution in [0.25, 0.3) is 0 Å². The van der Waals surface area contributed by atoms with Crippen molar-refractivity contribution in [1.82, 2.24) is 9.80 Å². The maximum absolute atomic E-state index is 12.8. The fourth-order valence-electron chi connectivity index (χ4n) is 3.64. The molecule has 2 fully saturated rings. The smallest absolute Gasteiger partial charge is 0.366 e. The number of hydrogen-bond acceptors (Lipinski definition) is 3. The first kappa shape index (κ1) is 17.7. The molecular weight excluding hydrogens is 317 g/mol. The number of piperidine rings is 1. The minimum absolute atomic E-state index is 0.0157. The van der Waals surface area contributed by atoms with Crippen molar-refractivity contribution in [2.45, 2.75) is 37.6 Å². The lowest BCUT2D eigenvalue weighted by atomic mass is 10.0. The summed E-state index contributed by atoms with van der Waals surface area (Å²) in [6.07, 6.45) is -2.96. The van der Waals surface area contributed by atoms with E-state index in [0.29, 0.717) is 6.54 Å². The number of rotatable bonds is 4. The van der Waals surface area contributed by atoms with Gasteiger partial charge in [0.2, 0.25) is 0 Å². The van der Waals surface area contributed by atoms with Crippen LogP contribution >= 0.6 is 0 Å². The van der Waals surface area contributed by atoms with E-state index in [-0.39, 0.29) is 19.2 Å². The molecule has 0 aliphatic carbocycles. The van der Waals surface area contributed by atoms with E-state index in [1.807, 2.05) is 11.0 Å². The molecular formula is C18H25F3N2O. The predicted molar refractivity (Wildman–Crippen MR) is 87.0 cm³/mol. The molecule has 1 atom stereocenters. The molecule has 0 unspecified atom stereocenters. The molecule has 24 heavy (non-hydrogen) atoms. The molecule has 0 radical (unpaired) electrons. The summed E-state index contributed by atoms with van der Waals surface area (Å²) in [4.78, 5) is 4.40. The Morgan fingerprint density at radius 2 is 1.75 bits per heavy atom. The van der Waals surface area contributed by atoms with Gasteiger partial charge in [-0.1, -0.05) is 30.3 Å². The highest BCUT2D eigenvalue weighted by molar-refractivity contribution is 5.14. The average Bonchev–Trinajstić information content (AvgIpc) is 2.61. The summed E-state index contributed by atoms with van der Waals surface area (Å²) in [6, 6.07) is 10.7. The van der Waals surface area contributed by atoms with Crippen LogP contribution in [-0.2, 0) is 11.2 Å². The standard InChI is InChI=1S/C18H25F3N2O/c19-18(20,21)17-14-23(12-13-24-17)16-7-10-22(11-8-16)9-6-15-4-2-1-3-5-15/h1-5,16-17H,6-14H2/t17-/m1/s1. The summed E-state index contributed by atoms with van der Waals surface area (Å²) >= 11 is 0. The Morgan fingerprint density at radius 1 is 1.04 bits per heavy atom. The molecule has 0 saturated carbocycles. The van der Waals surface area contributed by atoms with Gasteiger partial charge in [0.1, 0.15) is 0 Å². The molecule has 3 nitrogen and oxygen atoms in total. The topological polar surface area (TPSA) is 15.7 Å². The van der Waals surface area contributed by atoms with Gasteiger partial charge in [-0.25, -0.2) is 0 Å². The Balaban J connectivity index is 1.43. The van der Waals surface area contributed by atoms with E-state index in [1.54, 1.807) is 0 Å². The van der Waals surface area contributed by atoms with E-state index in [4.69, 9.17) is 4.74 Å². The second-order valence-corrected chi connectivity index (χ2v) is 6.70. The molecule has 3 rings (SSSR count). The van der Waals surface area contributed by atoms with Crippen molar-refractivity contribution in [3.63, 3.8) is 0 Å². The van der Waals surface area contributed by atoms with E-state index in [1.165, 1.54) is 5.56 Å². The number of hydrogen-bond donors (Lipinski definition) is 0. The predicted octanol–water partition coefficient (Wildman–Crippen LogP) is 2.96. The lowest BCUT2D eigenvalue weighted by Gasteiger charge is -2.42. The first-order valence-electron chi connectivity index (χ1n) is 8.71. The second-order valence-electron chi connectivity index (χ2n) is 6.70. The summed E-state index contributed by atoms with van der Waals surface area (Å²) in [7, 11) is 0. The number of ether oxygens (including phenoxy) is 1. The molecule has 0 aromatic heterocycles. The van der Waals surface area contributed by atoms with E-state index >= 15 is 0 Å². The molecule has 0 N–H and O–H groups in total. The Hall–Kier alpha value is -1.11. The van der Waals surface area contributed by atoms with Crippen molar-refractivity contribution in [2.75, 3.05) is 39.3 Å². The van der Waals surface area contributed by atoms with Crippen molar-refractivity contribution in [2.24, 2.45) is 0 Å². The quantitative estimate of drug-likeness (QED) is 0.837. The van der Waals surface area contributed by atoms with Gasteiger partial charge >= 0.3 is 6.18 Å². The van der Waals surface area contributed by atoms with Crippen LogP contribution in [0.1, 0.15) is 18.4 Å². The third kappa shape index (κ3) is 4.71. The number of halogens is 3. The van der Waals surface area contributed by atoms with Gasteiger partial charge in [-0.05, 0) is 37.9 Å². The molecule has 1 aromatic carbocycles. The highest BCUT2D eigenvalue weighted by Crippen LogP contribution is 2.28. The maximum atomic E-state index is 12.8. The van der Waals surface area contributed by atoms with Crippen LogP contribution in [0.3, 0.4) is 0 Å². The van der Waals surface area contributed by atoms with Gasteiger partial charge in [0, 0.05) is 25.7 Å². The van der Waals surface area contributed by atoms with E-state index in [9.17, 15) is 13.2 Å². The summed E-state index contributed by atoms with van der Waals surface area (Å²) < 4.78 is 43.4. The van der Waals surface area contributed by atoms with Crippen molar-refractivity contribution in [3.05, 3.63) is 35.9 Å². The number of benzene rings is 1. The van der Waals surface area contributed by atoms with E-state index in [0.717, 1.165) is 38.9 Å². The highest BCUT2D eigenvalue weighted by atomic mass is 19.4. The zero-order valence-electron chi connectivity index (χ0n) is 13.8. The van der Waals surface area contributed by atoms with Crippen LogP contribution in [0, 0.1) is 0 Å². The first-order chi connectivity index (χ1) is 11.5. The van der Waals surface area contributed by atoms with Crippen molar-refractivity contribution in [3.8, 4) is 0 Å². The van der Waals surface area contributed by atoms with Crippen LogP contribution in [-0.4, -0.2) is 67.5 Å². The second kappa shape index (κ2) is 7.85. The summed E-state index contributed by atoms with van der Waals surface area (Å²) in [6.45, 7) is 3.72. The normalized spacial score (nSPS) is 25.0. The number of alkyl halides is 3. The Bertz CT molecular complexity index is 501. The third-order valence-electron chi connectivity index (χ3n) is 5.10. The Kier molecular flexibility index (Phi) is 5.79. The van der Waals surface area contributed by atoms with Crippen LogP contribution in [0.4, 0.5) is 13.2 Å². The molecule has 0 spiro atoms. The van der Waals surface area contributed by atoms with Gasteiger partial charge in [0.05, 0.1) is 6.61 Å². The van der Waals surface area contributed by atoms with Gasteiger partial charge < -0.3 is 9.64 Å². The van der Waals surface area contributed by atoms with Gasteiger partial charge in [-0.2, -0.15) is 13.2 Å². The van der Waals surface area contributed by atoms with Gasteiger partial charge in [-0.15, -0.1) is 0 Å². The SMILES string of the molecule is FC(F)(F)[C@H]1CN(C2CCN(CCc3ccccc3)CC2)CCO1. The van der Waals surface area contributed by atoms with Crippen molar-refractivity contribution >= 4 is 0 Å². The molecule has 1 aromatic rings. The van der Waals surface area contributed by atoms with Crippen LogP contribution < -0.4 is 0 Å². The highest BCUT2D eigenvalue weighted by Gasteiger charge is 2.44. The molecule has 0 amide bonds. The largest absolute Gasteiger partial charge is 0.415 e. The Morgan fingerprint density at radius 3 is 2.42 bits per heavy atom.